The van der Waals surface area contributed by atoms with Gasteiger partial charge in [-0.2, -0.15) is 0 Å². The molecule has 2 saturated carbocycles. The van der Waals surface area contributed by atoms with Crippen molar-refractivity contribution in [2.45, 2.75) is 68.7 Å². The molecule has 2 heterocycles. The van der Waals surface area contributed by atoms with E-state index in [1.165, 1.54) is 18.6 Å². The number of nitrogens with zero attached hydrogens (tertiary/aromatic N) is 2. The van der Waals surface area contributed by atoms with Gasteiger partial charge in [0.25, 0.3) is 0 Å². The van der Waals surface area contributed by atoms with Gasteiger partial charge >= 0.3 is 0 Å². The van der Waals surface area contributed by atoms with Crippen LogP contribution in [-0.4, -0.2) is 55.5 Å². The summed E-state index contributed by atoms with van der Waals surface area (Å²) in [6, 6.07) is 0.114. The van der Waals surface area contributed by atoms with Gasteiger partial charge in [-0.1, -0.05) is 0 Å². The first-order chi connectivity index (χ1) is 12.7. The van der Waals surface area contributed by atoms with Gasteiger partial charge < -0.3 is 10.1 Å². The highest BCUT2D eigenvalue weighted by Crippen LogP contribution is 2.61. The third-order valence-corrected chi connectivity index (χ3v) is 6.96. The molecule has 9 heteroatoms. The van der Waals surface area contributed by atoms with Gasteiger partial charge in [-0.05, 0) is 44.9 Å². The SMILES string of the molecule is C[C@@H]1C[C@H](NS(C)(=O)=O)[C@H](CO[C@H]2CC[C@@]3(c4ncc(F)cn4)C[C@H]3C2)N1. The van der Waals surface area contributed by atoms with E-state index in [-0.39, 0.29) is 29.6 Å². The molecule has 27 heavy (non-hydrogen) atoms. The summed E-state index contributed by atoms with van der Waals surface area (Å²) >= 11 is 0. The molecule has 0 bridgehead atoms. The summed E-state index contributed by atoms with van der Waals surface area (Å²) in [5.74, 6) is 0.845. The predicted octanol–water partition coefficient (Wildman–Crippen LogP) is 1.11. The Bertz CT molecular complexity index is 790. The second kappa shape index (κ2) is 7.02. The van der Waals surface area contributed by atoms with Gasteiger partial charge in [0.15, 0.2) is 5.82 Å². The minimum absolute atomic E-state index is 0.00800. The van der Waals surface area contributed by atoms with Crippen molar-refractivity contribution in [1.29, 1.82) is 0 Å². The Morgan fingerprint density at radius 2 is 2.11 bits per heavy atom. The number of nitrogens with one attached hydrogen (secondary N) is 2. The molecule has 2 aliphatic carbocycles. The summed E-state index contributed by atoms with van der Waals surface area (Å²) in [5, 5.41) is 3.42. The molecule has 3 aliphatic rings. The Morgan fingerprint density at radius 3 is 2.78 bits per heavy atom. The highest BCUT2D eigenvalue weighted by atomic mass is 32.2. The van der Waals surface area contributed by atoms with Crippen molar-refractivity contribution in [3.8, 4) is 0 Å². The maximum Gasteiger partial charge on any atom is 0.209 e. The Morgan fingerprint density at radius 1 is 1.37 bits per heavy atom. The molecule has 0 amide bonds. The minimum Gasteiger partial charge on any atom is -0.377 e. The molecule has 150 valence electrons. The first-order valence-electron chi connectivity index (χ1n) is 9.58. The average molecular weight is 399 g/mol. The lowest BCUT2D eigenvalue weighted by molar-refractivity contribution is 0.0100. The first kappa shape index (κ1) is 19.2. The molecule has 0 unspecified atom stereocenters. The van der Waals surface area contributed by atoms with E-state index in [0.29, 0.717) is 12.5 Å². The standard InChI is InChI=1S/C18H27FN4O3S/c1-11-5-15(23-27(2,24)25)16(22-11)10-26-14-3-4-18(7-12(18)6-14)17-20-8-13(19)9-21-17/h8-9,11-12,14-16,22-23H,3-7,10H2,1-2H3/t11-,12-,14+,15+,16+,18-/m1/s1. The largest absolute Gasteiger partial charge is 0.377 e. The van der Waals surface area contributed by atoms with E-state index in [1.54, 1.807) is 0 Å². The first-order valence-corrected chi connectivity index (χ1v) is 11.5. The molecule has 1 aromatic heterocycles. The quantitative estimate of drug-likeness (QED) is 0.746. The summed E-state index contributed by atoms with van der Waals surface area (Å²) in [4.78, 5) is 8.40. The number of ether oxygens (including phenoxy) is 1. The molecule has 0 aromatic carbocycles. The number of aromatic nitrogens is 2. The Hall–Kier alpha value is -1.16. The number of sulfonamides is 1. The van der Waals surface area contributed by atoms with Crippen LogP contribution in [-0.2, 0) is 20.2 Å². The molecule has 0 radical (unpaired) electrons. The lowest BCUT2D eigenvalue weighted by Gasteiger charge is -2.29. The number of fused-ring (bicyclic) bond motifs is 1. The molecule has 7 nitrogen and oxygen atoms in total. The van der Waals surface area contributed by atoms with Gasteiger partial charge in [0.05, 0.1) is 31.4 Å². The van der Waals surface area contributed by atoms with Crippen molar-refractivity contribution in [2.75, 3.05) is 12.9 Å². The Kier molecular flexibility index (Phi) is 4.99. The fraction of sp³-hybridized carbons (Fsp3) is 0.778. The maximum absolute atomic E-state index is 13.1. The van der Waals surface area contributed by atoms with Crippen molar-refractivity contribution in [3.05, 3.63) is 24.0 Å². The summed E-state index contributed by atoms with van der Waals surface area (Å²) in [5.41, 5.74) is 0.00800. The van der Waals surface area contributed by atoms with Crippen LogP contribution in [0.3, 0.4) is 0 Å². The number of hydrogen-bond donors (Lipinski definition) is 2. The van der Waals surface area contributed by atoms with Crippen LogP contribution in [0, 0.1) is 11.7 Å². The van der Waals surface area contributed by atoms with E-state index < -0.39 is 15.8 Å². The molecule has 0 spiro atoms. The number of hydrogen-bond acceptors (Lipinski definition) is 6. The van der Waals surface area contributed by atoms with Gasteiger partial charge in [0.1, 0.15) is 5.82 Å². The maximum atomic E-state index is 13.1. The van der Waals surface area contributed by atoms with Crippen molar-refractivity contribution in [3.63, 3.8) is 0 Å². The molecule has 1 saturated heterocycles. The molecule has 2 N–H and O–H groups in total. The summed E-state index contributed by atoms with van der Waals surface area (Å²) in [6.07, 6.45) is 8.48. The van der Waals surface area contributed by atoms with Crippen molar-refractivity contribution in [2.24, 2.45) is 5.92 Å². The Labute approximate surface area is 159 Å². The van der Waals surface area contributed by atoms with Gasteiger partial charge in [0, 0.05) is 23.5 Å². The van der Waals surface area contributed by atoms with Crippen LogP contribution < -0.4 is 10.0 Å². The molecule has 1 aliphatic heterocycles. The van der Waals surface area contributed by atoms with Crippen LogP contribution in [0.5, 0.6) is 0 Å². The lowest BCUT2D eigenvalue weighted by Crippen LogP contribution is -2.46. The van der Waals surface area contributed by atoms with E-state index in [2.05, 4.69) is 26.9 Å². The molecular weight excluding hydrogens is 371 g/mol. The smallest absolute Gasteiger partial charge is 0.209 e. The van der Waals surface area contributed by atoms with Gasteiger partial charge in [-0.15, -0.1) is 0 Å². The highest BCUT2D eigenvalue weighted by molar-refractivity contribution is 7.88. The number of halogens is 1. The van der Waals surface area contributed by atoms with Crippen LogP contribution in [0.15, 0.2) is 12.4 Å². The van der Waals surface area contributed by atoms with Crippen LogP contribution in [0.25, 0.3) is 0 Å². The van der Waals surface area contributed by atoms with Crippen molar-refractivity contribution >= 4 is 10.0 Å². The van der Waals surface area contributed by atoms with Crippen LogP contribution in [0.1, 0.15) is 44.9 Å². The van der Waals surface area contributed by atoms with E-state index in [4.69, 9.17) is 4.74 Å². The average Bonchev–Trinajstić information content (AvgIpc) is 3.22. The van der Waals surface area contributed by atoms with Crippen LogP contribution in [0.4, 0.5) is 4.39 Å². The summed E-state index contributed by atoms with van der Waals surface area (Å²) in [7, 11) is -3.24. The normalized spacial score (nSPS) is 38.6. The Balaban J connectivity index is 1.30. The molecule has 1 aromatic rings. The van der Waals surface area contributed by atoms with Crippen molar-refractivity contribution in [1.82, 2.24) is 20.0 Å². The van der Waals surface area contributed by atoms with E-state index >= 15 is 0 Å². The monoisotopic (exact) mass is 398 g/mol. The molecule has 4 rings (SSSR count). The second-order valence-corrected chi connectivity index (χ2v) is 10.2. The highest BCUT2D eigenvalue weighted by Gasteiger charge is 2.59. The van der Waals surface area contributed by atoms with Crippen LogP contribution >= 0.6 is 0 Å². The third-order valence-electron chi connectivity index (χ3n) is 6.23. The van der Waals surface area contributed by atoms with Gasteiger partial charge in [0.2, 0.25) is 10.0 Å². The topological polar surface area (TPSA) is 93.2 Å². The van der Waals surface area contributed by atoms with E-state index in [0.717, 1.165) is 37.9 Å². The lowest BCUT2D eigenvalue weighted by atomic mass is 9.86. The number of rotatable bonds is 6. The minimum atomic E-state index is -3.24. The van der Waals surface area contributed by atoms with Crippen LogP contribution in [0.2, 0.25) is 0 Å². The van der Waals surface area contributed by atoms with E-state index in [1.807, 2.05) is 0 Å². The second-order valence-electron chi connectivity index (χ2n) is 8.42. The molecule has 6 atom stereocenters. The zero-order chi connectivity index (χ0) is 19.2. The summed E-state index contributed by atoms with van der Waals surface area (Å²) in [6.45, 7) is 2.55. The third kappa shape index (κ3) is 4.16. The fourth-order valence-electron chi connectivity index (χ4n) is 4.86. The van der Waals surface area contributed by atoms with Gasteiger partial charge in [-0.25, -0.2) is 27.5 Å². The molecular formula is C18H27FN4O3S. The fourth-order valence-corrected chi connectivity index (χ4v) is 5.67. The van der Waals surface area contributed by atoms with E-state index in [9.17, 15) is 12.8 Å². The van der Waals surface area contributed by atoms with Gasteiger partial charge in [-0.3, -0.25) is 0 Å². The zero-order valence-electron chi connectivity index (χ0n) is 15.7. The predicted molar refractivity (Wildman–Crippen MR) is 98.1 cm³/mol. The molecule has 3 fully saturated rings. The van der Waals surface area contributed by atoms with Crippen molar-refractivity contribution < 1.29 is 17.5 Å². The zero-order valence-corrected chi connectivity index (χ0v) is 16.5. The summed E-state index contributed by atoms with van der Waals surface area (Å²) < 4.78 is 45.1.